The molecule has 0 radical (unpaired) electrons. The van der Waals surface area contributed by atoms with E-state index in [1.165, 1.54) is 0 Å². The number of aromatic nitrogens is 5. The molecule has 0 aliphatic carbocycles. The molecule has 0 fully saturated rings. The largest absolute Gasteiger partial charge is 0.340 e. The highest BCUT2D eigenvalue weighted by atomic mass is 15.3. The van der Waals surface area contributed by atoms with Gasteiger partial charge in [-0.2, -0.15) is 5.10 Å². The quantitative estimate of drug-likeness (QED) is 0.629. The van der Waals surface area contributed by atoms with Gasteiger partial charge in [0, 0.05) is 36.7 Å². The summed E-state index contributed by atoms with van der Waals surface area (Å²) in [6.45, 7) is 0. The van der Waals surface area contributed by atoms with Gasteiger partial charge in [-0.15, -0.1) is 0 Å². The lowest BCUT2D eigenvalue weighted by atomic mass is 10.2. The van der Waals surface area contributed by atoms with Gasteiger partial charge < -0.3 is 5.32 Å². The Hall–Kier alpha value is -3.28. The van der Waals surface area contributed by atoms with E-state index in [1.807, 2.05) is 55.7 Å². The molecule has 3 heterocycles. The van der Waals surface area contributed by atoms with E-state index >= 15 is 0 Å². The van der Waals surface area contributed by atoms with Gasteiger partial charge in [0.2, 0.25) is 0 Å². The highest BCUT2D eigenvalue weighted by Crippen LogP contribution is 2.26. The summed E-state index contributed by atoms with van der Waals surface area (Å²) < 4.78 is 1.74. The van der Waals surface area contributed by atoms with Crippen LogP contribution in [0.2, 0.25) is 0 Å². The van der Waals surface area contributed by atoms with E-state index in [0.29, 0.717) is 5.82 Å². The van der Waals surface area contributed by atoms with Crippen molar-refractivity contribution in [1.82, 2.24) is 24.7 Å². The van der Waals surface area contributed by atoms with Crippen molar-refractivity contribution in [3.8, 4) is 11.5 Å². The molecular formula is C17H14N6. The Morgan fingerprint density at radius 1 is 0.957 bits per heavy atom. The fraction of sp³-hybridized carbons (Fsp3) is 0.0588. The number of hydrogen-bond donors (Lipinski definition) is 1. The zero-order valence-corrected chi connectivity index (χ0v) is 12.5. The smallest absolute Gasteiger partial charge is 0.182 e. The van der Waals surface area contributed by atoms with E-state index in [-0.39, 0.29) is 0 Å². The molecule has 1 aromatic carbocycles. The van der Waals surface area contributed by atoms with E-state index in [4.69, 9.17) is 0 Å². The lowest BCUT2D eigenvalue weighted by Gasteiger charge is -2.10. The zero-order valence-electron chi connectivity index (χ0n) is 12.5. The number of rotatable bonds is 3. The first-order chi connectivity index (χ1) is 11.3. The van der Waals surface area contributed by atoms with Gasteiger partial charge in [-0.05, 0) is 30.3 Å². The highest BCUT2D eigenvalue weighted by molar-refractivity contribution is 5.92. The molecule has 112 valence electrons. The minimum Gasteiger partial charge on any atom is -0.340 e. The van der Waals surface area contributed by atoms with Crippen molar-refractivity contribution in [2.45, 2.75) is 0 Å². The summed E-state index contributed by atoms with van der Waals surface area (Å²) in [5.74, 6) is 1.35. The summed E-state index contributed by atoms with van der Waals surface area (Å²) in [5, 5.41) is 8.69. The predicted molar refractivity (Wildman–Crippen MR) is 89.3 cm³/mol. The molecule has 4 aromatic rings. The second kappa shape index (κ2) is 5.49. The molecule has 0 unspecified atom stereocenters. The van der Waals surface area contributed by atoms with Crippen molar-refractivity contribution in [3.05, 3.63) is 61.1 Å². The summed E-state index contributed by atoms with van der Waals surface area (Å²) in [5.41, 5.74) is 2.55. The number of nitrogens with one attached hydrogen (secondary N) is 1. The van der Waals surface area contributed by atoms with Crippen LogP contribution in [0.4, 0.5) is 11.5 Å². The number of benzene rings is 1. The van der Waals surface area contributed by atoms with E-state index < -0.39 is 0 Å². The van der Waals surface area contributed by atoms with Crippen molar-refractivity contribution in [1.29, 1.82) is 0 Å². The van der Waals surface area contributed by atoms with E-state index in [2.05, 4.69) is 25.4 Å². The Morgan fingerprint density at radius 2 is 1.78 bits per heavy atom. The van der Waals surface area contributed by atoms with E-state index in [0.717, 1.165) is 28.1 Å². The first kappa shape index (κ1) is 13.4. The molecule has 1 N–H and O–H groups in total. The molecule has 23 heavy (non-hydrogen) atoms. The van der Waals surface area contributed by atoms with Crippen LogP contribution in [-0.4, -0.2) is 24.7 Å². The van der Waals surface area contributed by atoms with Gasteiger partial charge >= 0.3 is 0 Å². The molecule has 4 rings (SSSR count). The van der Waals surface area contributed by atoms with Crippen molar-refractivity contribution in [2.24, 2.45) is 7.05 Å². The van der Waals surface area contributed by atoms with Crippen LogP contribution in [0.1, 0.15) is 0 Å². The second-order valence-corrected chi connectivity index (χ2v) is 5.15. The number of para-hydroxylation sites is 1. The molecule has 0 aliphatic heterocycles. The third-order valence-corrected chi connectivity index (χ3v) is 3.49. The average Bonchev–Trinajstić information content (AvgIpc) is 3.02. The fourth-order valence-corrected chi connectivity index (χ4v) is 2.39. The molecule has 3 aromatic heterocycles. The topological polar surface area (TPSA) is 68.5 Å². The lowest BCUT2D eigenvalue weighted by Crippen LogP contribution is -2.00. The molecule has 0 bridgehead atoms. The third kappa shape index (κ3) is 2.62. The first-order valence-electron chi connectivity index (χ1n) is 7.23. The van der Waals surface area contributed by atoms with Gasteiger partial charge in [0.25, 0.3) is 0 Å². The maximum atomic E-state index is 4.66. The summed E-state index contributed by atoms with van der Waals surface area (Å²) >= 11 is 0. The Morgan fingerprint density at radius 3 is 2.57 bits per heavy atom. The summed E-state index contributed by atoms with van der Waals surface area (Å²) in [6, 6.07) is 13.6. The van der Waals surface area contributed by atoms with Crippen molar-refractivity contribution in [3.63, 3.8) is 0 Å². The average molecular weight is 302 g/mol. The Balaban J connectivity index is 1.87. The summed E-state index contributed by atoms with van der Waals surface area (Å²) in [4.78, 5) is 13.3. The molecule has 0 aliphatic rings. The standard InChI is InChI=1S/C17H14N6/c1-23-11-8-15(22-23)17-20-14-5-3-2-4-13(14)16(21-17)19-12-6-9-18-10-7-12/h2-11H,1H3,(H,18,19,20,21). The molecule has 6 heteroatoms. The van der Waals surface area contributed by atoms with Gasteiger partial charge in [0.1, 0.15) is 11.5 Å². The molecule has 0 saturated heterocycles. The van der Waals surface area contributed by atoms with E-state index in [9.17, 15) is 0 Å². The molecular weight excluding hydrogens is 288 g/mol. The van der Waals surface area contributed by atoms with Crippen molar-refractivity contribution in [2.75, 3.05) is 5.32 Å². The minimum absolute atomic E-state index is 0.598. The number of anilines is 2. The van der Waals surface area contributed by atoms with Crippen LogP contribution in [0.25, 0.3) is 22.4 Å². The van der Waals surface area contributed by atoms with Crippen LogP contribution in [0.3, 0.4) is 0 Å². The van der Waals surface area contributed by atoms with Gasteiger partial charge in [0.05, 0.1) is 5.52 Å². The van der Waals surface area contributed by atoms with Crippen LogP contribution >= 0.6 is 0 Å². The SMILES string of the molecule is Cn1ccc(-c2nc(Nc3ccncc3)c3ccccc3n2)n1. The van der Waals surface area contributed by atoms with Crippen LogP contribution in [0, 0.1) is 0 Å². The minimum atomic E-state index is 0.598. The van der Waals surface area contributed by atoms with Gasteiger partial charge in [-0.3, -0.25) is 9.67 Å². The van der Waals surface area contributed by atoms with Gasteiger partial charge in [0.15, 0.2) is 5.82 Å². The molecule has 0 amide bonds. The number of hydrogen-bond acceptors (Lipinski definition) is 5. The van der Waals surface area contributed by atoms with E-state index in [1.54, 1.807) is 17.1 Å². The normalized spacial score (nSPS) is 10.8. The maximum Gasteiger partial charge on any atom is 0.182 e. The first-order valence-corrected chi connectivity index (χ1v) is 7.23. The number of nitrogens with zero attached hydrogens (tertiary/aromatic N) is 5. The third-order valence-electron chi connectivity index (χ3n) is 3.49. The Bertz CT molecular complexity index is 961. The Labute approximate surface area is 132 Å². The molecule has 0 saturated carbocycles. The van der Waals surface area contributed by atoms with Crippen molar-refractivity contribution < 1.29 is 0 Å². The van der Waals surface area contributed by atoms with Crippen LogP contribution in [-0.2, 0) is 7.05 Å². The number of aryl methyl sites for hydroxylation is 1. The molecule has 6 nitrogen and oxygen atoms in total. The second-order valence-electron chi connectivity index (χ2n) is 5.15. The van der Waals surface area contributed by atoms with Crippen molar-refractivity contribution >= 4 is 22.4 Å². The van der Waals surface area contributed by atoms with Crippen LogP contribution in [0.15, 0.2) is 61.1 Å². The van der Waals surface area contributed by atoms with Gasteiger partial charge in [-0.1, -0.05) is 12.1 Å². The lowest BCUT2D eigenvalue weighted by molar-refractivity contribution is 0.769. The maximum absolute atomic E-state index is 4.66. The number of fused-ring (bicyclic) bond motifs is 1. The molecule has 0 spiro atoms. The Kier molecular flexibility index (Phi) is 3.20. The fourth-order valence-electron chi connectivity index (χ4n) is 2.39. The predicted octanol–water partition coefficient (Wildman–Crippen LogP) is 3.17. The van der Waals surface area contributed by atoms with Crippen LogP contribution < -0.4 is 5.32 Å². The monoisotopic (exact) mass is 302 g/mol. The molecule has 0 atom stereocenters. The van der Waals surface area contributed by atoms with Gasteiger partial charge in [-0.25, -0.2) is 9.97 Å². The van der Waals surface area contributed by atoms with Crippen LogP contribution in [0.5, 0.6) is 0 Å². The summed E-state index contributed by atoms with van der Waals surface area (Å²) in [7, 11) is 1.88. The zero-order chi connectivity index (χ0) is 15.6. The number of pyridine rings is 1. The summed E-state index contributed by atoms with van der Waals surface area (Å²) in [6.07, 6.45) is 5.36. The highest BCUT2D eigenvalue weighted by Gasteiger charge is 2.11.